The summed E-state index contributed by atoms with van der Waals surface area (Å²) in [5.74, 6) is 0. The number of hydrogen-bond donors (Lipinski definition) is 2. The number of rotatable bonds is 5. The minimum atomic E-state index is -4.29. The summed E-state index contributed by atoms with van der Waals surface area (Å²) in [5, 5.41) is 12.5. The van der Waals surface area contributed by atoms with Gasteiger partial charge in [-0.25, -0.2) is 0 Å². The Kier molecular flexibility index (Phi) is 3.87. The fourth-order valence-corrected chi connectivity index (χ4v) is 2.02. The number of benzene rings is 1. The van der Waals surface area contributed by atoms with Crippen molar-refractivity contribution in [3.63, 3.8) is 0 Å². The zero-order chi connectivity index (χ0) is 14.1. The van der Waals surface area contributed by atoms with Gasteiger partial charge in [-0.1, -0.05) is 12.1 Å². The Balaban J connectivity index is 1.94. The van der Waals surface area contributed by atoms with Crippen molar-refractivity contribution >= 4 is 0 Å². The maximum atomic E-state index is 12.4. The van der Waals surface area contributed by atoms with Crippen LogP contribution in [-0.4, -0.2) is 18.3 Å². The zero-order valence-electron chi connectivity index (χ0n) is 10.8. The summed E-state index contributed by atoms with van der Waals surface area (Å²) in [6, 6.07) is 5.18. The van der Waals surface area contributed by atoms with Gasteiger partial charge < -0.3 is 10.4 Å². The molecule has 0 aliphatic heterocycles. The highest BCUT2D eigenvalue weighted by molar-refractivity contribution is 5.26. The molecule has 19 heavy (non-hydrogen) atoms. The van der Waals surface area contributed by atoms with Gasteiger partial charge in [-0.05, 0) is 37.5 Å². The van der Waals surface area contributed by atoms with Crippen molar-refractivity contribution in [2.45, 2.75) is 32.0 Å². The predicted molar refractivity (Wildman–Crippen MR) is 66.6 cm³/mol. The molecule has 2 rings (SSSR count). The van der Waals surface area contributed by atoms with Crippen molar-refractivity contribution in [1.82, 2.24) is 5.32 Å². The van der Waals surface area contributed by atoms with Gasteiger partial charge >= 0.3 is 6.18 Å². The molecule has 0 heterocycles. The lowest BCUT2D eigenvalue weighted by atomic mass is 10.0. The Morgan fingerprint density at radius 2 is 1.84 bits per heavy atom. The quantitative estimate of drug-likeness (QED) is 0.864. The van der Waals surface area contributed by atoms with E-state index in [0.29, 0.717) is 6.54 Å². The van der Waals surface area contributed by atoms with Crippen molar-refractivity contribution in [3.05, 3.63) is 35.4 Å². The van der Waals surface area contributed by atoms with Gasteiger partial charge in [0.1, 0.15) is 0 Å². The molecular formula is C14H18F3NO. The van der Waals surface area contributed by atoms with E-state index in [2.05, 4.69) is 5.32 Å². The molecule has 1 aliphatic rings. The average Bonchev–Trinajstić information content (AvgIpc) is 3.16. The number of alkyl halides is 3. The highest BCUT2D eigenvalue weighted by Crippen LogP contribution is 2.44. The van der Waals surface area contributed by atoms with Crippen LogP contribution in [0.2, 0.25) is 0 Å². The van der Waals surface area contributed by atoms with Crippen LogP contribution in [0.25, 0.3) is 0 Å². The SMILES string of the molecule is CC(NCC1(CO)CC1)c1ccc(C(F)(F)F)cc1. The van der Waals surface area contributed by atoms with Gasteiger partial charge in [0.15, 0.2) is 0 Å². The van der Waals surface area contributed by atoms with E-state index in [1.54, 1.807) is 0 Å². The molecule has 2 nitrogen and oxygen atoms in total. The van der Waals surface area contributed by atoms with Crippen molar-refractivity contribution in [1.29, 1.82) is 0 Å². The highest BCUT2D eigenvalue weighted by Gasteiger charge is 2.41. The Hall–Kier alpha value is -1.07. The Morgan fingerprint density at radius 3 is 2.26 bits per heavy atom. The molecule has 1 saturated carbocycles. The number of aliphatic hydroxyl groups is 1. The van der Waals surface area contributed by atoms with Crippen molar-refractivity contribution < 1.29 is 18.3 Å². The Morgan fingerprint density at radius 1 is 1.26 bits per heavy atom. The molecule has 5 heteroatoms. The van der Waals surface area contributed by atoms with E-state index in [4.69, 9.17) is 0 Å². The molecule has 0 saturated heterocycles. The lowest BCUT2D eigenvalue weighted by molar-refractivity contribution is -0.137. The molecule has 1 unspecified atom stereocenters. The average molecular weight is 273 g/mol. The number of halogens is 3. The van der Waals surface area contributed by atoms with Crippen LogP contribution in [-0.2, 0) is 6.18 Å². The number of nitrogens with one attached hydrogen (secondary N) is 1. The molecule has 2 N–H and O–H groups in total. The van der Waals surface area contributed by atoms with Crippen molar-refractivity contribution in [2.75, 3.05) is 13.2 Å². The van der Waals surface area contributed by atoms with Gasteiger partial charge in [-0.3, -0.25) is 0 Å². The molecular weight excluding hydrogens is 255 g/mol. The maximum Gasteiger partial charge on any atom is 0.416 e. The number of aliphatic hydroxyl groups excluding tert-OH is 1. The third-order valence-electron chi connectivity index (χ3n) is 3.81. The normalized spacial score (nSPS) is 19.2. The van der Waals surface area contributed by atoms with E-state index in [-0.39, 0.29) is 18.1 Å². The molecule has 1 fully saturated rings. The second kappa shape index (κ2) is 5.13. The van der Waals surface area contributed by atoms with E-state index in [1.807, 2.05) is 6.92 Å². The minimum absolute atomic E-state index is 0.000169. The molecule has 1 atom stereocenters. The van der Waals surface area contributed by atoms with Crippen LogP contribution < -0.4 is 5.32 Å². The zero-order valence-corrected chi connectivity index (χ0v) is 10.8. The number of hydrogen-bond acceptors (Lipinski definition) is 2. The smallest absolute Gasteiger partial charge is 0.396 e. The summed E-state index contributed by atoms with van der Waals surface area (Å²) in [7, 11) is 0. The molecule has 1 aromatic rings. The van der Waals surface area contributed by atoms with Crippen LogP contribution in [0.15, 0.2) is 24.3 Å². The van der Waals surface area contributed by atoms with Gasteiger partial charge in [0.25, 0.3) is 0 Å². The minimum Gasteiger partial charge on any atom is -0.396 e. The predicted octanol–water partition coefficient (Wildman–Crippen LogP) is 3.13. The van der Waals surface area contributed by atoms with Gasteiger partial charge in [-0.2, -0.15) is 13.2 Å². The third-order valence-corrected chi connectivity index (χ3v) is 3.81. The maximum absolute atomic E-state index is 12.4. The van der Waals surface area contributed by atoms with E-state index < -0.39 is 11.7 Å². The lowest BCUT2D eigenvalue weighted by Gasteiger charge is -2.19. The first-order valence-electron chi connectivity index (χ1n) is 6.38. The van der Waals surface area contributed by atoms with Crippen molar-refractivity contribution in [2.24, 2.45) is 5.41 Å². The molecule has 106 valence electrons. The standard InChI is InChI=1S/C14H18F3NO/c1-10(18-8-13(9-19)6-7-13)11-2-4-12(5-3-11)14(15,16)17/h2-5,10,18-19H,6-9H2,1H3. The molecule has 0 spiro atoms. The second-order valence-electron chi connectivity index (χ2n) is 5.38. The largest absolute Gasteiger partial charge is 0.416 e. The van der Waals surface area contributed by atoms with E-state index >= 15 is 0 Å². The monoisotopic (exact) mass is 273 g/mol. The van der Waals surface area contributed by atoms with Crippen LogP contribution >= 0.6 is 0 Å². The first-order chi connectivity index (χ1) is 8.86. The molecule has 0 aromatic heterocycles. The lowest BCUT2D eigenvalue weighted by Crippen LogP contribution is -2.28. The van der Waals surface area contributed by atoms with Gasteiger partial charge in [0, 0.05) is 24.6 Å². The molecule has 0 amide bonds. The fraction of sp³-hybridized carbons (Fsp3) is 0.571. The molecule has 1 aromatic carbocycles. The van der Waals surface area contributed by atoms with E-state index in [0.717, 1.165) is 30.5 Å². The third kappa shape index (κ3) is 3.48. The first-order valence-corrected chi connectivity index (χ1v) is 6.38. The second-order valence-corrected chi connectivity index (χ2v) is 5.38. The molecule has 1 aliphatic carbocycles. The van der Waals surface area contributed by atoms with Gasteiger partial charge in [-0.15, -0.1) is 0 Å². The van der Waals surface area contributed by atoms with Crippen molar-refractivity contribution in [3.8, 4) is 0 Å². The van der Waals surface area contributed by atoms with Crippen LogP contribution in [0.5, 0.6) is 0 Å². The van der Waals surface area contributed by atoms with Crippen LogP contribution in [0, 0.1) is 5.41 Å². The summed E-state index contributed by atoms with van der Waals surface area (Å²) in [6.07, 6.45) is -2.27. The molecule has 0 radical (unpaired) electrons. The van der Waals surface area contributed by atoms with Gasteiger partial charge in [0.2, 0.25) is 0 Å². The summed E-state index contributed by atoms with van der Waals surface area (Å²) in [6.45, 7) is 2.78. The summed E-state index contributed by atoms with van der Waals surface area (Å²) in [4.78, 5) is 0. The van der Waals surface area contributed by atoms with Crippen LogP contribution in [0.3, 0.4) is 0 Å². The summed E-state index contributed by atoms with van der Waals surface area (Å²) >= 11 is 0. The Bertz CT molecular complexity index is 423. The highest BCUT2D eigenvalue weighted by atomic mass is 19.4. The van der Waals surface area contributed by atoms with Crippen LogP contribution in [0.4, 0.5) is 13.2 Å². The van der Waals surface area contributed by atoms with Gasteiger partial charge in [0.05, 0.1) is 5.56 Å². The summed E-state index contributed by atoms with van der Waals surface area (Å²) in [5.41, 5.74) is 0.194. The molecule has 0 bridgehead atoms. The topological polar surface area (TPSA) is 32.3 Å². The van der Waals surface area contributed by atoms with E-state index in [9.17, 15) is 18.3 Å². The fourth-order valence-electron chi connectivity index (χ4n) is 2.02. The van der Waals surface area contributed by atoms with Crippen LogP contribution in [0.1, 0.15) is 36.9 Å². The summed E-state index contributed by atoms with van der Waals surface area (Å²) < 4.78 is 37.3. The van der Waals surface area contributed by atoms with E-state index in [1.165, 1.54) is 12.1 Å². The first kappa shape index (κ1) is 14.3. The Labute approximate surface area is 110 Å².